The van der Waals surface area contributed by atoms with E-state index in [-0.39, 0.29) is 17.3 Å². The smallest absolute Gasteiger partial charge is 0.337 e. The number of carboxylic acid groups (broad SMARTS) is 1. The molecule has 4 rings (SSSR count). The second kappa shape index (κ2) is 8.13. The summed E-state index contributed by atoms with van der Waals surface area (Å²) in [6.45, 7) is 6.97. The molecule has 0 unspecified atom stereocenters. The van der Waals surface area contributed by atoms with Crippen molar-refractivity contribution >= 4 is 35.7 Å². The SMILES string of the molecule is CC(C)(C)[Si](OCn1cnc2c(C(=O)O)cccc21)(c1ccccc1)c1ccccc1. The number of hydrogen-bond donors (Lipinski definition) is 1. The highest BCUT2D eigenvalue weighted by Gasteiger charge is 2.50. The Bertz CT molecular complexity index is 1160. The van der Waals surface area contributed by atoms with E-state index in [4.69, 9.17) is 4.43 Å². The van der Waals surface area contributed by atoms with Crippen LogP contribution < -0.4 is 10.4 Å². The predicted octanol–water partition coefficient (Wildman–Crippen LogP) is 4.27. The molecule has 3 aromatic carbocycles. The van der Waals surface area contributed by atoms with E-state index in [1.165, 1.54) is 10.4 Å². The summed E-state index contributed by atoms with van der Waals surface area (Å²) in [6.07, 6.45) is 1.66. The number of carbonyl (C=O) groups is 1. The van der Waals surface area contributed by atoms with Crippen LogP contribution in [0.1, 0.15) is 31.1 Å². The molecule has 0 atom stereocenters. The van der Waals surface area contributed by atoms with Crippen molar-refractivity contribution in [3.8, 4) is 0 Å². The van der Waals surface area contributed by atoms with Crippen molar-refractivity contribution in [2.45, 2.75) is 32.5 Å². The topological polar surface area (TPSA) is 64.4 Å². The summed E-state index contributed by atoms with van der Waals surface area (Å²) < 4.78 is 8.82. The van der Waals surface area contributed by atoms with Gasteiger partial charge in [-0.25, -0.2) is 9.78 Å². The number of rotatable bonds is 6. The summed E-state index contributed by atoms with van der Waals surface area (Å²) in [5.41, 5.74) is 1.42. The van der Waals surface area contributed by atoms with Gasteiger partial charge < -0.3 is 14.1 Å². The van der Waals surface area contributed by atoms with E-state index >= 15 is 0 Å². The average Bonchev–Trinajstić information content (AvgIpc) is 3.18. The van der Waals surface area contributed by atoms with Crippen molar-refractivity contribution in [1.82, 2.24) is 9.55 Å². The first-order chi connectivity index (χ1) is 14.8. The molecule has 0 radical (unpaired) electrons. The van der Waals surface area contributed by atoms with Gasteiger partial charge in [-0.15, -0.1) is 0 Å². The number of benzene rings is 3. The lowest BCUT2D eigenvalue weighted by Crippen LogP contribution is -2.66. The summed E-state index contributed by atoms with van der Waals surface area (Å²) in [5.74, 6) is -0.983. The van der Waals surface area contributed by atoms with Crippen LogP contribution in [0.25, 0.3) is 11.0 Å². The second-order valence-corrected chi connectivity index (χ2v) is 12.9. The summed E-state index contributed by atoms with van der Waals surface area (Å²) in [4.78, 5) is 15.9. The molecule has 0 spiro atoms. The number of aromatic carboxylic acids is 1. The van der Waals surface area contributed by atoms with Gasteiger partial charge in [0.05, 0.1) is 17.4 Å². The second-order valence-electron chi connectivity index (χ2n) is 8.63. The number of aromatic nitrogens is 2. The molecular formula is C25H26N2O3Si. The molecule has 1 N–H and O–H groups in total. The minimum absolute atomic E-state index is 0.141. The average molecular weight is 431 g/mol. The minimum Gasteiger partial charge on any atom is -0.478 e. The van der Waals surface area contributed by atoms with E-state index in [1.54, 1.807) is 18.5 Å². The van der Waals surface area contributed by atoms with Gasteiger partial charge in [0.25, 0.3) is 8.32 Å². The Kier molecular flexibility index (Phi) is 5.52. The molecule has 0 aliphatic heterocycles. The van der Waals surface area contributed by atoms with E-state index in [0.29, 0.717) is 5.52 Å². The van der Waals surface area contributed by atoms with Gasteiger partial charge in [0.2, 0.25) is 0 Å². The maximum atomic E-state index is 11.6. The Labute approximate surface area is 183 Å². The maximum absolute atomic E-state index is 11.6. The Morgan fingerprint density at radius 1 is 0.935 bits per heavy atom. The van der Waals surface area contributed by atoms with Crippen molar-refractivity contribution in [2.75, 3.05) is 0 Å². The van der Waals surface area contributed by atoms with Crippen molar-refractivity contribution in [3.63, 3.8) is 0 Å². The first kappa shape index (κ1) is 21.0. The third-order valence-electron chi connectivity index (χ3n) is 5.72. The molecule has 1 aromatic heterocycles. The predicted molar refractivity (Wildman–Crippen MR) is 125 cm³/mol. The lowest BCUT2D eigenvalue weighted by atomic mass is 10.2. The Balaban J connectivity index is 1.82. The number of nitrogens with zero attached hydrogens (tertiary/aromatic N) is 2. The van der Waals surface area contributed by atoms with Gasteiger partial charge in [-0.3, -0.25) is 0 Å². The maximum Gasteiger partial charge on any atom is 0.337 e. The standard InChI is InChI=1S/C25H26N2O3Si/c1-25(2,3)31(19-11-6-4-7-12-19,20-13-8-5-9-14-20)30-18-27-17-26-23-21(24(28)29)15-10-16-22(23)27/h4-17H,18H2,1-3H3,(H,28,29). The van der Waals surface area contributed by atoms with Crippen molar-refractivity contribution in [3.05, 3.63) is 90.8 Å². The van der Waals surface area contributed by atoms with Crippen molar-refractivity contribution in [1.29, 1.82) is 0 Å². The van der Waals surface area contributed by atoms with Crippen LogP contribution >= 0.6 is 0 Å². The molecule has 0 fully saturated rings. The molecule has 4 aromatic rings. The fraction of sp³-hybridized carbons (Fsp3) is 0.200. The van der Waals surface area contributed by atoms with E-state index in [0.717, 1.165) is 5.52 Å². The van der Waals surface area contributed by atoms with Gasteiger partial charge in [0.15, 0.2) is 0 Å². The highest BCUT2D eigenvalue weighted by Crippen LogP contribution is 2.37. The molecule has 158 valence electrons. The largest absolute Gasteiger partial charge is 0.478 e. The Hall–Kier alpha value is -3.22. The minimum atomic E-state index is -2.69. The van der Waals surface area contributed by atoms with Crippen LogP contribution in [0, 0.1) is 0 Å². The summed E-state index contributed by atoms with van der Waals surface area (Å²) >= 11 is 0. The lowest BCUT2D eigenvalue weighted by molar-refractivity contribution is 0.0699. The van der Waals surface area contributed by atoms with E-state index in [9.17, 15) is 9.90 Å². The molecule has 0 aliphatic carbocycles. The summed E-state index contributed by atoms with van der Waals surface area (Å²) in [6, 6.07) is 26.1. The molecule has 0 bridgehead atoms. The molecule has 0 aliphatic rings. The van der Waals surface area contributed by atoms with E-state index in [2.05, 4.69) is 74.3 Å². The highest BCUT2D eigenvalue weighted by molar-refractivity contribution is 6.99. The zero-order chi connectivity index (χ0) is 22.1. The van der Waals surface area contributed by atoms with Crippen LogP contribution in [0.3, 0.4) is 0 Å². The van der Waals surface area contributed by atoms with Gasteiger partial charge in [0.1, 0.15) is 12.2 Å². The highest BCUT2D eigenvalue weighted by atomic mass is 28.4. The first-order valence-corrected chi connectivity index (χ1v) is 12.2. The fourth-order valence-electron chi connectivity index (χ4n) is 4.29. The molecule has 31 heavy (non-hydrogen) atoms. The van der Waals surface area contributed by atoms with Crippen molar-refractivity contribution in [2.24, 2.45) is 0 Å². The molecule has 0 amide bonds. The Morgan fingerprint density at radius 3 is 2.03 bits per heavy atom. The number of hydrogen-bond acceptors (Lipinski definition) is 3. The first-order valence-electron chi connectivity index (χ1n) is 10.3. The van der Waals surface area contributed by atoms with Gasteiger partial charge in [-0.05, 0) is 27.5 Å². The summed E-state index contributed by atoms with van der Waals surface area (Å²) in [7, 11) is -2.69. The molecule has 0 saturated heterocycles. The van der Waals surface area contributed by atoms with Crippen LogP contribution in [-0.2, 0) is 11.2 Å². The molecular weight excluding hydrogens is 404 g/mol. The zero-order valence-corrected chi connectivity index (χ0v) is 18.9. The summed E-state index contributed by atoms with van der Waals surface area (Å²) in [5, 5.41) is 11.7. The quantitative estimate of drug-likeness (QED) is 0.464. The molecule has 5 nitrogen and oxygen atoms in total. The third kappa shape index (κ3) is 3.69. The molecule has 6 heteroatoms. The molecule has 1 heterocycles. The Morgan fingerprint density at radius 2 is 1.52 bits per heavy atom. The van der Waals surface area contributed by atoms with E-state index in [1.807, 2.05) is 22.8 Å². The van der Waals surface area contributed by atoms with Gasteiger partial charge in [-0.2, -0.15) is 0 Å². The van der Waals surface area contributed by atoms with Crippen LogP contribution in [0.5, 0.6) is 0 Å². The number of imidazole rings is 1. The van der Waals surface area contributed by atoms with E-state index < -0.39 is 14.3 Å². The number of fused-ring (bicyclic) bond motifs is 1. The van der Waals surface area contributed by atoms with Crippen LogP contribution in [0.2, 0.25) is 5.04 Å². The number of para-hydroxylation sites is 1. The van der Waals surface area contributed by atoms with Crippen LogP contribution in [0.15, 0.2) is 85.2 Å². The molecule has 0 saturated carbocycles. The zero-order valence-electron chi connectivity index (χ0n) is 17.9. The fourth-order valence-corrected chi connectivity index (χ4v) is 8.78. The normalized spacial score (nSPS) is 12.2. The third-order valence-corrected chi connectivity index (χ3v) is 10.7. The monoisotopic (exact) mass is 430 g/mol. The van der Waals surface area contributed by atoms with Gasteiger partial charge in [0, 0.05) is 0 Å². The van der Waals surface area contributed by atoms with Gasteiger partial charge in [-0.1, -0.05) is 87.5 Å². The van der Waals surface area contributed by atoms with Crippen LogP contribution in [0.4, 0.5) is 0 Å². The lowest BCUT2D eigenvalue weighted by Gasteiger charge is -2.43. The number of carboxylic acids is 1. The van der Waals surface area contributed by atoms with Crippen molar-refractivity contribution < 1.29 is 14.3 Å². The van der Waals surface area contributed by atoms with Crippen LogP contribution in [-0.4, -0.2) is 28.9 Å². The van der Waals surface area contributed by atoms with Gasteiger partial charge >= 0.3 is 5.97 Å².